The van der Waals surface area contributed by atoms with Gasteiger partial charge in [-0.05, 0) is 30.3 Å². The van der Waals surface area contributed by atoms with Crippen molar-refractivity contribution in [1.29, 1.82) is 0 Å². The highest BCUT2D eigenvalue weighted by Crippen LogP contribution is 2.26. The van der Waals surface area contributed by atoms with E-state index in [0.717, 1.165) is 12.1 Å². The summed E-state index contributed by atoms with van der Waals surface area (Å²) in [5, 5.41) is -0.166. The van der Waals surface area contributed by atoms with Gasteiger partial charge in [0.15, 0.2) is 11.6 Å². The molecule has 0 heterocycles. The minimum atomic E-state index is -0.833. The van der Waals surface area contributed by atoms with Crippen LogP contribution in [-0.4, -0.2) is 12.9 Å². The first-order chi connectivity index (χ1) is 9.04. The molecule has 19 heavy (non-hydrogen) atoms. The van der Waals surface area contributed by atoms with Crippen LogP contribution in [0.4, 0.5) is 8.78 Å². The fourth-order valence-corrected chi connectivity index (χ4v) is 1.86. The van der Waals surface area contributed by atoms with Crippen LogP contribution < -0.4 is 4.74 Å². The first-order valence-corrected chi connectivity index (χ1v) is 5.74. The highest BCUT2D eigenvalue weighted by molar-refractivity contribution is 6.31. The number of carbonyl (C=O) groups excluding carboxylic acids is 1. The molecule has 2 aromatic rings. The van der Waals surface area contributed by atoms with Gasteiger partial charge in [-0.3, -0.25) is 4.79 Å². The lowest BCUT2D eigenvalue weighted by molar-refractivity contribution is 0.103. The molecule has 0 amide bonds. The molecule has 5 heteroatoms. The molecular weight excluding hydrogens is 274 g/mol. The minimum absolute atomic E-state index is 0.0522. The summed E-state index contributed by atoms with van der Waals surface area (Å²) in [4.78, 5) is 12.2. The molecule has 0 aliphatic rings. The van der Waals surface area contributed by atoms with Gasteiger partial charge in [-0.15, -0.1) is 0 Å². The zero-order valence-corrected chi connectivity index (χ0v) is 10.7. The highest BCUT2D eigenvalue weighted by atomic mass is 35.5. The molecule has 0 N–H and O–H groups in total. The minimum Gasteiger partial charge on any atom is -0.496 e. The van der Waals surface area contributed by atoms with Crippen LogP contribution in [0, 0.1) is 11.6 Å². The van der Waals surface area contributed by atoms with Crippen molar-refractivity contribution in [2.24, 2.45) is 0 Å². The van der Waals surface area contributed by atoms with Crippen molar-refractivity contribution < 1.29 is 18.3 Å². The van der Waals surface area contributed by atoms with E-state index in [1.807, 2.05) is 0 Å². The van der Waals surface area contributed by atoms with Crippen LogP contribution in [0.3, 0.4) is 0 Å². The van der Waals surface area contributed by atoms with Crippen molar-refractivity contribution >= 4 is 17.4 Å². The summed E-state index contributed by atoms with van der Waals surface area (Å²) in [6.07, 6.45) is 0. The van der Waals surface area contributed by atoms with Crippen LogP contribution in [0.1, 0.15) is 15.9 Å². The molecule has 98 valence electrons. The van der Waals surface area contributed by atoms with Gasteiger partial charge in [0.25, 0.3) is 0 Å². The van der Waals surface area contributed by atoms with Gasteiger partial charge in [-0.1, -0.05) is 17.7 Å². The molecule has 2 rings (SSSR count). The Balaban J connectivity index is 2.56. The molecule has 0 atom stereocenters. The molecule has 2 aromatic carbocycles. The van der Waals surface area contributed by atoms with Crippen molar-refractivity contribution in [2.45, 2.75) is 0 Å². The van der Waals surface area contributed by atoms with Crippen molar-refractivity contribution in [3.8, 4) is 5.75 Å². The Hall–Kier alpha value is -1.94. The summed E-state index contributed by atoms with van der Waals surface area (Å²) in [5.74, 6) is -1.95. The van der Waals surface area contributed by atoms with Crippen molar-refractivity contribution in [3.05, 3.63) is 64.2 Å². The van der Waals surface area contributed by atoms with Gasteiger partial charge in [-0.2, -0.15) is 0 Å². The van der Waals surface area contributed by atoms with Crippen molar-refractivity contribution in [2.75, 3.05) is 7.11 Å². The summed E-state index contributed by atoms with van der Waals surface area (Å²) in [5.41, 5.74) is -0.278. The van der Waals surface area contributed by atoms with Crippen LogP contribution in [0.5, 0.6) is 5.75 Å². The molecule has 0 bridgehead atoms. The van der Waals surface area contributed by atoms with E-state index in [4.69, 9.17) is 16.3 Å². The molecule has 0 saturated heterocycles. The molecule has 0 aliphatic heterocycles. The molecule has 0 aliphatic carbocycles. The third kappa shape index (κ3) is 2.58. The van der Waals surface area contributed by atoms with Crippen LogP contribution in [0.15, 0.2) is 36.4 Å². The van der Waals surface area contributed by atoms with E-state index < -0.39 is 17.4 Å². The standard InChI is InChI=1S/C14H9ClF2O2/c1-19-12-6-5-8(16)7-10(12)14(18)9-3-2-4-11(15)13(9)17/h2-7H,1H3. The Kier molecular flexibility index (Phi) is 3.81. The molecule has 0 fully saturated rings. The van der Waals surface area contributed by atoms with Crippen LogP contribution in [0.25, 0.3) is 0 Å². The van der Waals surface area contributed by atoms with Gasteiger partial charge in [0.1, 0.15) is 11.6 Å². The maximum Gasteiger partial charge on any atom is 0.199 e. The Morgan fingerprint density at radius 1 is 1.16 bits per heavy atom. The van der Waals surface area contributed by atoms with Gasteiger partial charge >= 0.3 is 0 Å². The molecule has 0 unspecified atom stereocenters. The average Bonchev–Trinajstić information content (AvgIpc) is 2.41. The maximum atomic E-state index is 13.8. The molecule has 2 nitrogen and oxygen atoms in total. The smallest absolute Gasteiger partial charge is 0.199 e. The topological polar surface area (TPSA) is 26.3 Å². The van der Waals surface area contributed by atoms with Gasteiger partial charge in [0.05, 0.1) is 23.3 Å². The predicted octanol–water partition coefficient (Wildman–Crippen LogP) is 3.86. The number of ether oxygens (including phenoxy) is 1. The second-order valence-electron chi connectivity index (χ2n) is 3.78. The van der Waals surface area contributed by atoms with E-state index >= 15 is 0 Å². The SMILES string of the molecule is COc1ccc(F)cc1C(=O)c1cccc(Cl)c1F. The number of ketones is 1. The largest absolute Gasteiger partial charge is 0.496 e. The van der Waals surface area contributed by atoms with E-state index in [9.17, 15) is 13.6 Å². The van der Waals surface area contributed by atoms with Gasteiger partial charge in [0.2, 0.25) is 0 Å². The molecule has 0 radical (unpaired) electrons. The summed E-state index contributed by atoms with van der Waals surface area (Å²) >= 11 is 5.62. The van der Waals surface area contributed by atoms with Crippen molar-refractivity contribution in [1.82, 2.24) is 0 Å². The normalized spacial score (nSPS) is 10.3. The second kappa shape index (κ2) is 5.36. The second-order valence-corrected chi connectivity index (χ2v) is 4.18. The lowest BCUT2D eigenvalue weighted by Gasteiger charge is -2.08. The van der Waals surface area contributed by atoms with E-state index in [1.165, 1.54) is 31.4 Å². The number of methoxy groups -OCH3 is 1. The van der Waals surface area contributed by atoms with E-state index in [0.29, 0.717) is 0 Å². The summed E-state index contributed by atoms with van der Waals surface area (Å²) < 4.78 is 32.0. The first-order valence-electron chi connectivity index (χ1n) is 5.37. The van der Waals surface area contributed by atoms with E-state index in [2.05, 4.69) is 0 Å². The van der Waals surface area contributed by atoms with Crippen molar-refractivity contribution in [3.63, 3.8) is 0 Å². The average molecular weight is 283 g/mol. The van der Waals surface area contributed by atoms with Crippen LogP contribution in [0.2, 0.25) is 5.02 Å². The monoisotopic (exact) mass is 282 g/mol. The Morgan fingerprint density at radius 3 is 2.58 bits per heavy atom. The quantitative estimate of drug-likeness (QED) is 0.799. The Labute approximate surface area is 113 Å². The summed E-state index contributed by atoms with van der Waals surface area (Å²) in [7, 11) is 1.35. The third-order valence-electron chi connectivity index (χ3n) is 2.60. The van der Waals surface area contributed by atoms with Gasteiger partial charge in [0, 0.05) is 0 Å². The maximum absolute atomic E-state index is 13.8. The van der Waals surface area contributed by atoms with E-state index in [-0.39, 0.29) is 21.9 Å². The number of halogens is 3. The van der Waals surface area contributed by atoms with Gasteiger partial charge in [-0.25, -0.2) is 8.78 Å². The Morgan fingerprint density at radius 2 is 1.89 bits per heavy atom. The number of hydrogen-bond acceptors (Lipinski definition) is 2. The zero-order valence-electron chi connectivity index (χ0n) is 9.91. The number of benzene rings is 2. The Bertz CT molecular complexity index is 641. The number of rotatable bonds is 3. The summed E-state index contributed by atoms with van der Waals surface area (Å²) in [6.45, 7) is 0. The zero-order chi connectivity index (χ0) is 14.0. The van der Waals surface area contributed by atoms with Crippen LogP contribution >= 0.6 is 11.6 Å². The van der Waals surface area contributed by atoms with Crippen LogP contribution in [-0.2, 0) is 0 Å². The molecule has 0 aromatic heterocycles. The highest BCUT2D eigenvalue weighted by Gasteiger charge is 2.20. The first kappa shape index (κ1) is 13.5. The summed E-state index contributed by atoms with van der Waals surface area (Å²) in [6, 6.07) is 7.53. The number of hydrogen-bond donors (Lipinski definition) is 0. The molecule has 0 spiro atoms. The third-order valence-corrected chi connectivity index (χ3v) is 2.89. The number of carbonyl (C=O) groups is 1. The fraction of sp³-hybridized carbons (Fsp3) is 0.0714. The molecular formula is C14H9ClF2O2. The molecule has 0 saturated carbocycles. The lowest BCUT2D eigenvalue weighted by Crippen LogP contribution is -2.07. The van der Waals surface area contributed by atoms with Gasteiger partial charge < -0.3 is 4.74 Å². The van der Waals surface area contributed by atoms with E-state index in [1.54, 1.807) is 0 Å². The predicted molar refractivity (Wildman–Crippen MR) is 67.8 cm³/mol. The fourth-order valence-electron chi connectivity index (χ4n) is 1.68. The lowest BCUT2D eigenvalue weighted by atomic mass is 10.0.